The van der Waals surface area contributed by atoms with Crippen molar-refractivity contribution in [1.29, 1.82) is 0 Å². The highest BCUT2D eigenvalue weighted by Crippen LogP contribution is 2.34. The highest BCUT2D eigenvalue weighted by atomic mass is 19.1. The first-order valence-electron chi connectivity index (χ1n) is 9.64. The van der Waals surface area contributed by atoms with Gasteiger partial charge in [0.1, 0.15) is 5.82 Å². The number of aliphatic hydroxyl groups is 1. The van der Waals surface area contributed by atoms with Crippen molar-refractivity contribution >= 4 is 5.69 Å². The molecule has 2 aromatic rings. The van der Waals surface area contributed by atoms with E-state index in [-0.39, 0.29) is 11.9 Å². The molecule has 1 fully saturated rings. The van der Waals surface area contributed by atoms with Crippen LogP contribution in [0.25, 0.3) is 0 Å². The average molecular weight is 356 g/mol. The van der Waals surface area contributed by atoms with Crippen LogP contribution in [0.3, 0.4) is 0 Å². The number of rotatable bonds is 3. The number of nitrogens with one attached hydrogen (secondary N) is 1. The monoisotopic (exact) mass is 356 g/mol. The number of piperidine rings is 1. The molecule has 1 saturated heterocycles. The molecule has 2 aromatic carbocycles. The molecule has 0 aromatic heterocycles. The van der Waals surface area contributed by atoms with Crippen LogP contribution < -0.4 is 10.2 Å². The van der Waals surface area contributed by atoms with Crippen molar-refractivity contribution < 1.29 is 9.50 Å². The Labute approximate surface area is 155 Å². The molecular weight excluding hydrogens is 327 g/mol. The molecule has 2 heterocycles. The summed E-state index contributed by atoms with van der Waals surface area (Å²) in [6, 6.07) is 17.2. The van der Waals surface area contributed by atoms with Gasteiger partial charge in [0.15, 0.2) is 0 Å². The summed E-state index contributed by atoms with van der Waals surface area (Å²) >= 11 is 0. The van der Waals surface area contributed by atoms with Crippen LogP contribution in [0.15, 0.2) is 54.6 Å². The molecule has 3 unspecified atom stereocenters. The zero-order valence-corrected chi connectivity index (χ0v) is 15.4. The van der Waals surface area contributed by atoms with E-state index in [4.69, 9.17) is 0 Å². The Morgan fingerprint density at radius 1 is 1.15 bits per heavy atom. The Kier molecular flexibility index (Phi) is 6.64. The molecule has 4 heteroatoms. The molecule has 26 heavy (non-hydrogen) atoms. The Morgan fingerprint density at radius 2 is 1.88 bits per heavy atom. The molecule has 0 radical (unpaired) electrons. The minimum absolute atomic E-state index is 0.178. The molecule has 2 aliphatic heterocycles. The quantitative estimate of drug-likeness (QED) is 0.882. The summed E-state index contributed by atoms with van der Waals surface area (Å²) in [5.74, 6) is 0.174. The molecule has 0 aliphatic carbocycles. The Balaban J connectivity index is 0.000000236. The van der Waals surface area contributed by atoms with E-state index in [1.807, 2.05) is 0 Å². The lowest BCUT2D eigenvalue weighted by atomic mass is 9.86. The van der Waals surface area contributed by atoms with Crippen molar-refractivity contribution in [1.82, 2.24) is 5.32 Å². The summed E-state index contributed by atoms with van der Waals surface area (Å²) < 4.78 is 11.9. The SMILES string of the molecule is CCC(O)C1CNCCC1N1CCc2ccccc21.Fc1ccccc1. The second-order valence-corrected chi connectivity index (χ2v) is 7.07. The molecule has 0 amide bonds. The van der Waals surface area contributed by atoms with Gasteiger partial charge >= 0.3 is 0 Å². The second-order valence-electron chi connectivity index (χ2n) is 7.07. The third-order valence-electron chi connectivity index (χ3n) is 5.46. The van der Waals surface area contributed by atoms with Gasteiger partial charge in [-0.25, -0.2) is 4.39 Å². The van der Waals surface area contributed by atoms with Crippen LogP contribution in [0.2, 0.25) is 0 Å². The highest BCUT2D eigenvalue weighted by Gasteiger charge is 2.36. The topological polar surface area (TPSA) is 35.5 Å². The van der Waals surface area contributed by atoms with Crippen LogP contribution in [0.1, 0.15) is 25.3 Å². The predicted octanol–water partition coefficient (Wildman–Crippen LogP) is 3.62. The van der Waals surface area contributed by atoms with E-state index >= 15 is 0 Å². The summed E-state index contributed by atoms with van der Waals surface area (Å²) in [5.41, 5.74) is 2.86. The first-order valence-corrected chi connectivity index (χ1v) is 9.64. The lowest BCUT2D eigenvalue weighted by molar-refractivity contribution is 0.0749. The lowest BCUT2D eigenvalue weighted by Crippen LogP contribution is -2.53. The summed E-state index contributed by atoms with van der Waals surface area (Å²) in [6.45, 7) is 5.19. The van der Waals surface area contributed by atoms with Crippen molar-refractivity contribution in [2.45, 2.75) is 38.3 Å². The van der Waals surface area contributed by atoms with Gasteiger partial charge in [0, 0.05) is 30.7 Å². The van der Waals surface area contributed by atoms with Crippen molar-refractivity contribution in [3.8, 4) is 0 Å². The van der Waals surface area contributed by atoms with Gasteiger partial charge in [-0.1, -0.05) is 43.3 Å². The smallest absolute Gasteiger partial charge is 0.123 e. The van der Waals surface area contributed by atoms with E-state index in [1.165, 1.54) is 23.4 Å². The van der Waals surface area contributed by atoms with Crippen LogP contribution in [-0.4, -0.2) is 36.9 Å². The van der Waals surface area contributed by atoms with E-state index in [0.29, 0.717) is 12.0 Å². The number of para-hydroxylation sites is 1. The lowest BCUT2D eigenvalue weighted by Gasteiger charge is -2.41. The normalized spacial score (nSPS) is 23.0. The van der Waals surface area contributed by atoms with Crippen LogP contribution in [0.4, 0.5) is 10.1 Å². The predicted molar refractivity (Wildman–Crippen MR) is 105 cm³/mol. The molecule has 2 N–H and O–H groups in total. The van der Waals surface area contributed by atoms with Gasteiger partial charge in [-0.15, -0.1) is 0 Å². The summed E-state index contributed by atoms with van der Waals surface area (Å²) in [5, 5.41) is 13.7. The minimum atomic E-state index is -0.189. The molecule has 3 nitrogen and oxygen atoms in total. The molecule has 0 bridgehead atoms. The van der Waals surface area contributed by atoms with Crippen molar-refractivity contribution in [2.24, 2.45) is 5.92 Å². The zero-order valence-electron chi connectivity index (χ0n) is 15.4. The zero-order chi connectivity index (χ0) is 18.4. The van der Waals surface area contributed by atoms with E-state index in [1.54, 1.807) is 18.2 Å². The van der Waals surface area contributed by atoms with E-state index < -0.39 is 0 Å². The number of anilines is 1. The van der Waals surface area contributed by atoms with E-state index in [2.05, 4.69) is 41.4 Å². The number of aliphatic hydroxyl groups excluding tert-OH is 1. The van der Waals surface area contributed by atoms with E-state index in [0.717, 1.165) is 38.9 Å². The number of nitrogens with zero attached hydrogens (tertiary/aromatic N) is 1. The van der Waals surface area contributed by atoms with Gasteiger partial charge in [-0.3, -0.25) is 0 Å². The molecule has 2 aliphatic rings. The summed E-state index contributed by atoms with van der Waals surface area (Å²) in [7, 11) is 0. The van der Waals surface area contributed by atoms with Gasteiger partial charge < -0.3 is 15.3 Å². The number of benzene rings is 2. The van der Waals surface area contributed by atoms with Crippen LogP contribution in [0, 0.1) is 11.7 Å². The molecule has 0 spiro atoms. The largest absolute Gasteiger partial charge is 0.393 e. The van der Waals surface area contributed by atoms with Crippen LogP contribution in [-0.2, 0) is 6.42 Å². The molecule has 4 rings (SSSR count). The van der Waals surface area contributed by atoms with Crippen molar-refractivity contribution in [2.75, 3.05) is 24.5 Å². The Bertz CT molecular complexity index is 679. The first-order chi connectivity index (χ1) is 12.7. The molecular formula is C22H29FN2O. The standard InChI is InChI=1S/C16H24N2O.C6H5F/c1-2-16(19)13-11-17-9-7-15(13)18-10-8-12-5-3-4-6-14(12)18;7-6-4-2-1-3-5-6/h3-6,13,15-17,19H,2,7-11H2,1H3;1-5H. The maximum atomic E-state index is 11.9. The molecule has 3 atom stereocenters. The fourth-order valence-electron chi connectivity index (χ4n) is 4.07. The van der Waals surface area contributed by atoms with Gasteiger partial charge in [-0.05, 0) is 49.6 Å². The van der Waals surface area contributed by atoms with Crippen molar-refractivity contribution in [3.63, 3.8) is 0 Å². The molecule has 140 valence electrons. The number of hydrogen-bond donors (Lipinski definition) is 2. The second kappa shape index (κ2) is 9.15. The maximum Gasteiger partial charge on any atom is 0.123 e. The highest BCUT2D eigenvalue weighted by molar-refractivity contribution is 5.58. The first kappa shape index (κ1) is 18.9. The van der Waals surface area contributed by atoms with E-state index in [9.17, 15) is 9.50 Å². The Hall–Kier alpha value is -1.91. The van der Waals surface area contributed by atoms with Gasteiger partial charge in [0.05, 0.1) is 6.10 Å². The van der Waals surface area contributed by atoms with Crippen molar-refractivity contribution in [3.05, 3.63) is 66.0 Å². The Morgan fingerprint density at radius 3 is 2.58 bits per heavy atom. The number of fused-ring (bicyclic) bond motifs is 1. The van der Waals surface area contributed by atoms with Crippen LogP contribution >= 0.6 is 0 Å². The molecule has 0 saturated carbocycles. The third kappa shape index (κ3) is 4.43. The number of halogens is 1. The van der Waals surface area contributed by atoms with Gasteiger partial charge in [0.2, 0.25) is 0 Å². The summed E-state index contributed by atoms with van der Waals surface area (Å²) in [4.78, 5) is 2.54. The maximum absolute atomic E-state index is 11.9. The summed E-state index contributed by atoms with van der Waals surface area (Å²) in [6.07, 6.45) is 2.94. The number of hydrogen-bond acceptors (Lipinski definition) is 3. The minimum Gasteiger partial charge on any atom is -0.393 e. The van der Waals surface area contributed by atoms with Gasteiger partial charge in [0.25, 0.3) is 0 Å². The fraction of sp³-hybridized carbons (Fsp3) is 0.455. The van der Waals surface area contributed by atoms with Crippen LogP contribution in [0.5, 0.6) is 0 Å². The van der Waals surface area contributed by atoms with Gasteiger partial charge in [-0.2, -0.15) is 0 Å². The third-order valence-corrected chi connectivity index (χ3v) is 5.46. The average Bonchev–Trinajstić information content (AvgIpc) is 3.12. The fourth-order valence-corrected chi connectivity index (χ4v) is 4.07.